The van der Waals surface area contributed by atoms with Gasteiger partial charge in [0.05, 0.1) is 13.3 Å². The van der Waals surface area contributed by atoms with Crippen molar-refractivity contribution in [3.63, 3.8) is 0 Å². The molecule has 0 spiro atoms. The first-order chi connectivity index (χ1) is 9.69. The zero-order chi connectivity index (χ0) is 14.4. The molecule has 0 atom stereocenters. The van der Waals surface area contributed by atoms with Crippen molar-refractivity contribution in [3.8, 4) is 0 Å². The molecule has 0 aliphatic rings. The Labute approximate surface area is 121 Å². The van der Waals surface area contributed by atoms with E-state index >= 15 is 0 Å². The fourth-order valence-electron chi connectivity index (χ4n) is 1.60. The molecule has 1 aromatic carbocycles. The number of nitrogens with one attached hydrogen (secondary N) is 2. The van der Waals surface area contributed by atoms with Gasteiger partial charge in [-0.15, -0.1) is 0 Å². The minimum atomic E-state index is -0.202. The summed E-state index contributed by atoms with van der Waals surface area (Å²) in [7, 11) is 3.26. The molecule has 0 unspecified atom stereocenters. The summed E-state index contributed by atoms with van der Waals surface area (Å²) in [6.45, 7) is 0.543. The maximum atomic E-state index is 12.0. The van der Waals surface area contributed by atoms with Gasteiger partial charge < -0.3 is 4.90 Å². The second-order valence-corrected chi connectivity index (χ2v) is 5.14. The normalized spacial score (nSPS) is 10.1. The van der Waals surface area contributed by atoms with Crippen molar-refractivity contribution in [2.75, 3.05) is 25.0 Å². The third-order valence-electron chi connectivity index (χ3n) is 2.53. The number of thiazole rings is 1. The molecule has 1 heterocycles. The van der Waals surface area contributed by atoms with E-state index in [2.05, 4.69) is 15.8 Å². The Morgan fingerprint density at radius 1 is 1.40 bits per heavy atom. The van der Waals surface area contributed by atoms with Gasteiger partial charge in [-0.2, -0.15) is 0 Å². The van der Waals surface area contributed by atoms with Gasteiger partial charge in [0.1, 0.15) is 5.00 Å². The largest absolute Gasteiger partial charge is 0.323 e. The highest BCUT2D eigenvalue weighted by Gasteiger charge is 2.11. The van der Waals surface area contributed by atoms with Crippen LogP contribution in [-0.2, 0) is 11.4 Å². The lowest BCUT2D eigenvalue weighted by atomic mass is 10.2. The highest BCUT2D eigenvalue weighted by Crippen LogP contribution is 2.23. The maximum Gasteiger partial charge on any atom is 0.323 e. The summed E-state index contributed by atoms with van der Waals surface area (Å²) in [6, 6.07) is 9.60. The van der Waals surface area contributed by atoms with E-state index < -0.39 is 0 Å². The minimum absolute atomic E-state index is 0.202. The standard InChI is InChI=1S/C13H16N4O2S/c1-17(9-10-6-4-3-5-7-10)13(18)15-12-14-8-11(20-12)16-19-2/h3-8,16H,9H2,1-2H3,(H,14,15,18). The zero-order valence-electron chi connectivity index (χ0n) is 11.3. The van der Waals surface area contributed by atoms with Crippen molar-refractivity contribution in [2.45, 2.75) is 6.54 Å². The number of urea groups is 1. The predicted molar refractivity (Wildman–Crippen MR) is 79.7 cm³/mol. The van der Waals surface area contributed by atoms with Crippen LogP contribution in [0.4, 0.5) is 14.9 Å². The van der Waals surface area contributed by atoms with Crippen LogP contribution in [0.15, 0.2) is 36.5 Å². The lowest BCUT2D eigenvalue weighted by Gasteiger charge is -2.16. The van der Waals surface area contributed by atoms with Crippen molar-refractivity contribution >= 4 is 27.5 Å². The number of benzene rings is 1. The zero-order valence-corrected chi connectivity index (χ0v) is 12.1. The lowest BCUT2D eigenvalue weighted by molar-refractivity contribution is 0.220. The van der Waals surface area contributed by atoms with Gasteiger partial charge >= 0.3 is 6.03 Å². The fourth-order valence-corrected chi connectivity index (χ4v) is 2.28. The smallest absolute Gasteiger partial charge is 0.323 e. The summed E-state index contributed by atoms with van der Waals surface area (Å²) in [4.78, 5) is 22.5. The van der Waals surface area contributed by atoms with Crippen LogP contribution >= 0.6 is 11.3 Å². The number of nitrogens with zero attached hydrogens (tertiary/aromatic N) is 2. The van der Waals surface area contributed by atoms with E-state index in [1.807, 2.05) is 30.3 Å². The molecule has 20 heavy (non-hydrogen) atoms. The number of rotatable bonds is 5. The molecule has 0 radical (unpaired) electrons. The van der Waals surface area contributed by atoms with Crippen LogP contribution in [0, 0.1) is 0 Å². The Morgan fingerprint density at radius 2 is 2.15 bits per heavy atom. The molecule has 0 saturated carbocycles. The van der Waals surface area contributed by atoms with E-state index in [0.29, 0.717) is 11.7 Å². The summed E-state index contributed by atoms with van der Waals surface area (Å²) in [5.74, 6) is 0. The number of aromatic nitrogens is 1. The average Bonchev–Trinajstić information content (AvgIpc) is 2.87. The van der Waals surface area contributed by atoms with Crippen molar-refractivity contribution in [2.24, 2.45) is 0 Å². The molecule has 0 aliphatic carbocycles. The predicted octanol–water partition coefficient (Wildman–Crippen LogP) is 2.78. The molecule has 2 aromatic rings. The SMILES string of the molecule is CONc1cnc(NC(=O)N(C)Cc2ccccc2)s1. The van der Waals surface area contributed by atoms with E-state index in [4.69, 9.17) is 4.84 Å². The molecular weight excluding hydrogens is 276 g/mol. The molecular formula is C13H16N4O2S. The monoisotopic (exact) mass is 292 g/mol. The molecule has 0 fully saturated rings. The van der Waals surface area contributed by atoms with Gasteiger partial charge in [0.15, 0.2) is 5.13 Å². The minimum Gasteiger partial charge on any atom is -0.323 e. The Kier molecular flexibility index (Phi) is 4.91. The Bertz CT molecular complexity index is 559. The molecule has 2 N–H and O–H groups in total. The van der Waals surface area contributed by atoms with Gasteiger partial charge in [0, 0.05) is 13.6 Å². The third-order valence-corrected chi connectivity index (χ3v) is 3.34. The van der Waals surface area contributed by atoms with Gasteiger partial charge in [-0.3, -0.25) is 15.6 Å². The highest BCUT2D eigenvalue weighted by molar-refractivity contribution is 7.19. The second kappa shape index (κ2) is 6.88. The maximum absolute atomic E-state index is 12.0. The van der Waals surface area contributed by atoms with Crippen LogP contribution in [0.2, 0.25) is 0 Å². The van der Waals surface area contributed by atoms with E-state index in [1.165, 1.54) is 18.4 Å². The van der Waals surface area contributed by atoms with Crippen LogP contribution in [0.25, 0.3) is 0 Å². The summed E-state index contributed by atoms with van der Waals surface area (Å²) < 4.78 is 0. The molecule has 7 heteroatoms. The first-order valence-electron chi connectivity index (χ1n) is 6.00. The molecule has 2 rings (SSSR count). The molecule has 6 nitrogen and oxygen atoms in total. The van der Waals surface area contributed by atoms with E-state index in [0.717, 1.165) is 10.6 Å². The number of anilines is 2. The number of hydrogen-bond donors (Lipinski definition) is 2. The topological polar surface area (TPSA) is 66.5 Å². The van der Waals surface area contributed by atoms with E-state index in [1.54, 1.807) is 18.1 Å². The lowest BCUT2D eigenvalue weighted by Crippen LogP contribution is -2.30. The molecule has 106 valence electrons. The number of amides is 2. The van der Waals surface area contributed by atoms with Crippen LogP contribution < -0.4 is 10.8 Å². The molecule has 0 bridgehead atoms. The molecule has 0 saturated heterocycles. The number of carbonyl (C=O) groups excluding carboxylic acids is 1. The number of hydrogen-bond acceptors (Lipinski definition) is 5. The molecule has 1 aromatic heterocycles. The van der Waals surface area contributed by atoms with Gasteiger partial charge in [0.2, 0.25) is 0 Å². The van der Waals surface area contributed by atoms with Crippen LogP contribution in [0.1, 0.15) is 5.56 Å². The van der Waals surface area contributed by atoms with Crippen molar-refractivity contribution in [3.05, 3.63) is 42.1 Å². The molecule has 2 amide bonds. The van der Waals surface area contributed by atoms with Crippen LogP contribution in [0.3, 0.4) is 0 Å². The van der Waals surface area contributed by atoms with Gasteiger partial charge in [-0.05, 0) is 5.56 Å². The fraction of sp³-hybridized carbons (Fsp3) is 0.231. The van der Waals surface area contributed by atoms with Gasteiger partial charge in [0.25, 0.3) is 0 Å². The molecule has 0 aliphatic heterocycles. The summed E-state index contributed by atoms with van der Waals surface area (Å²) in [5, 5.41) is 3.99. The Morgan fingerprint density at radius 3 is 2.85 bits per heavy atom. The second-order valence-electron chi connectivity index (χ2n) is 4.11. The van der Waals surface area contributed by atoms with Crippen molar-refractivity contribution < 1.29 is 9.63 Å². The summed E-state index contributed by atoms with van der Waals surface area (Å²) >= 11 is 1.30. The first-order valence-corrected chi connectivity index (χ1v) is 6.81. The third kappa shape index (κ3) is 3.94. The van der Waals surface area contributed by atoms with E-state index in [9.17, 15) is 4.79 Å². The van der Waals surface area contributed by atoms with Crippen molar-refractivity contribution in [1.29, 1.82) is 0 Å². The first kappa shape index (κ1) is 14.3. The van der Waals surface area contributed by atoms with Crippen molar-refractivity contribution in [1.82, 2.24) is 9.88 Å². The Balaban J connectivity index is 1.90. The average molecular weight is 292 g/mol. The van der Waals surface area contributed by atoms with Gasteiger partial charge in [-0.25, -0.2) is 9.78 Å². The highest BCUT2D eigenvalue weighted by atomic mass is 32.1. The summed E-state index contributed by atoms with van der Waals surface area (Å²) in [5.41, 5.74) is 3.74. The van der Waals surface area contributed by atoms with Gasteiger partial charge in [-0.1, -0.05) is 41.7 Å². The van der Waals surface area contributed by atoms with Crippen LogP contribution in [0.5, 0.6) is 0 Å². The quantitative estimate of drug-likeness (QED) is 0.832. The summed E-state index contributed by atoms with van der Waals surface area (Å²) in [6.07, 6.45) is 1.60. The number of carbonyl (C=O) groups is 1. The van der Waals surface area contributed by atoms with E-state index in [-0.39, 0.29) is 6.03 Å². The Hall–Kier alpha value is -2.12. The van der Waals surface area contributed by atoms with Crippen LogP contribution in [-0.4, -0.2) is 30.1 Å².